The maximum Gasteiger partial charge on any atom is 0.276 e. The van der Waals surface area contributed by atoms with Crippen LogP contribution in [-0.4, -0.2) is 35.7 Å². The van der Waals surface area contributed by atoms with Crippen LogP contribution in [-0.2, 0) is 9.53 Å². The molecule has 2 heterocycles. The minimum absolute atomic E-state index is 0.0578. The van der Waals surface area contributed by atoms with E-state index < -0.39 is 0 Å². The van der Waals surface area contributed by atoms with Crippen LogP contribution in [0.4, 0.5) is 0 Å². The van der Waals surface area contributed by atoms with Gasteiger partial charge in [0.05, 0.1) is 0 Å². The van der Waals surface area contributed by atoms with Crippen LogP contribution in [0.25, 0.3) is 6.08 Å². The molecular formula is C14H18N2O2S2. The summed E-state index contributed by atoms with van der Waals surface area (Å²) in [5, 5.41) is 3.46. The second-order valence-electron chi connectivity index (χ2n) is 4.44. The Balaban J connectivity index is 1.99. The van der Waals surface area contributed by atoms with Gasteiger partial charge in [-0.2, -0.15) is 0 Å². The predicted octanol–water partition coefficient (Wildman–Crippen LogP) is 2.54. The van der Waals surface area contributed by atoms with Crippen LogP contribution in [0.1, 0.15) is 23.1 Å². The molecule has 1 fully saturated rings. The number of hydrogen-bond acceptors (Lipinski definition) is 4. The molecule has 0 bridgehead atoms. The van der Waals surface area contributed by atoms with E-state index in [2.05, 4.69) is 5.32 Å². The maximum atomic E-state index is 12.3. The van der Waals surface area contributed by atoms with E-state index in [9.17, 15) is 4.79 Å². The van der Waals surface area contributed by atoms with E-state index in [-0.39, 0.29) is 5.91 Å². The number of carbonyl (C=O) groups is 1. The number of thiophene rings is 1. The van der Waals surface area contributed by atoms with Gasteiger partial charge in [0.25, 0.3) is 5.91 Å². The van der Waals surface area contributed by atoms with Crippen molar-refractivity contribution in [2.45, 2.75) is 20.3 Å². The third-order valence-electron chi connectivity index (χ3n) is 2.88. The second-order valence-corrected chi connectivity index (χ2v) is 6.15. The zero-order chi connectivity index (χ0) is 14.5. The van der Waals surface area contributed by atoms with Crippen molar-refractivity contribution in [3.63, 3.8) is 0 Å². The molecule has 1 aliphatic rings. The number of carbonyl (C=O) groups excluding carboxylic acids is 1. The zero-order valence-electron chi connectivity index (χ0n) is 11.6. The number of nitrogens with zero attached hydrogens (tertiary/aromatic N) is 1. The van der Waals surface area contributed by atoms with Crippen LogP contribution >= 0.6 is 23.6 Å². The van der Waals surface area contributed by atoms with Gasteiger partial charge in [0.15, 0.2) is 5.11 Å². The van der Waals surface area contributed by atoms with Gasteiger partial charge in [-0.3, -0.25) is 9.69 Å². The molecule has 6 heteroatoms. The Morgan fingerprint density at radius 2 is 2.30 bits per heavy atom. The van der Waals surface area contributed by atoms with E-state index in [1.54, 1.807) is 16.2 Å². The maximum absolute atomic E-state index is 12.3. The minimum Gasteiger partial charge on any atom is -0.382 e. The molecule has 0 aliphatic carbocycles. The lowest BCUT2D eigenvalue weighted by molar-refractivity contribution is -0.122. The van der Waals surface area contributed by atoms with Crippen LogP contribution in [0.3, 0.4) is 0 Å². The minimum atomic E-state index is -0.0578. The summed E-state index contributed by atoms with van der Waals surface area (Å²) in [7, 11) is 0. The van der Waals surface area contributed by atoms with Gasteiger partial charge in [0.2, 0.25) is 0 Å². The van der Waals surface area contributed by atoms with Crippen molar-refractivity contribution in [2.75, 3.05) is 19.8 Å². The van der Waals surface area contributed by atoms with Gasteiger partial charge in [0, 0.05) is 29.5 Å². The summed E-state index contributed by atoms with van der Waals surface area (Å²) in [4.78, 5) is 16.1. The first-order chi connectivity index (χ1) is 9.61. The number of ether oxygens (including phenoxy) is 1. The van der Waals surface area contributed by atoms with E-state index in [0.717, 1.165) is 11.3 Å². The standard InChI is InChI=1S/C14H18N2O2S2/c1-3-18-8-4-7-16-13(17)12(15-14(16)19)9-11-6-5-10(2)20-11/h5-6,9H,3-4,7-8H2,1-2H3,(H,15,19)/b12-9+. The lowest BCUT2D eigenvalue weighted by atomic mass is 10.3. The fraction of sp³-hybridized carbons (Fsp3) is 0.429. The highest BCUT2D eigenvalue weighted by Gasteiger charge is 2.30. The van der Waals surface area contributed by atoms with Crippen LogP contribution in [0.2, 0.25) is 0 Å². The van der Waals surface area contributed by atoms with Crippen molar-refractivity contribution in [2.24, 2.45) is 0 Å². The van der Waals surface area contributed by atoms with E-state index in [0.29, 0.717) is 30.6 Å². The third-order valence-corrected chi connectivity index (χ3v) is 4.15. The molecule has 1 aromatic rings. The monoisotopic (exact) mass is 310 g/mol. The first-order valence-electron chi connectivity index (χ1n) is 6.60. The number of hydrogen-bond donors (Lipinski definition) is 1. The molecule has 0 aromatic carbocycles. The lowest BCUT2D eigenvalue weighted by Crippen LogP contribution is -2.32. The summed E-state index contributed by atoms with van der Waals surface area (Å²) >= 11 is 6.86. The molecule has 1 saturated heterocycles. The highest BCUT2D eigenvalue weighted by molar-refractivity contribution is 7.80. The molecule has 0 radical (unpaired) electrons. The van der Waals surface area contributed by atoms with Crippen molar-refractivity contribution in [1.82, 2.24) is 10.2 Å². The van der Waals surface area contributed by atoms with Gasteiger partial charge in [0.1, 0.15) is 5.70 Å². The van der Waals surface area contributed by atoms with Crippen molar-refractivity contribution in [1.29, 1.82) is 0 Å². The molecule has 0 saturated carbocycles. The summed E-state index contributed by atoms with van der Waals surface area (Å²) in [5.41, 5.74) is 0.549. The Bertz CT molecular complexity index is 537. The Hall–Kier alpha value is -1.24. The third kappa shape index (κ3) is 3.65. The molecule has 2 rings (SSSR count). The fourth-order valence-corrected chi connectivity index (χ4v) is 3.02. The number of aryl methyl sites for hydroxylation is 1. The van der Waals surface area contributed by atoms with E-state index >= 15 is 0 Å². The van der Waals surface area contributed by atoms with Crippen molar-refractivity contribution < 1.29 is 9.53 Å². The topological polar surface area (TPSA) is 41.6 Å². The number of nitrogens with one attached hydrogen (secondary N) is 1. The van der Waals surface area contributed by atoms with Crippen molar-refractivity contribution in [3.05, 3.63) is 27.6 Å². The van der Waals surface area contributed by atoms with Gasteiger partial charge >= 0.3 is 0 Å². The summed E-state index contributed by atoms with van der Waals surface area (Å²) in [6.07, 6.45) is 2.64. The molecule has 0 atom stereocenters. The second kappa shape index (κ2) is 6.97. The molecule has 1 amide bonds. The average molecular weight is 310 g/mol. The average Bonchev–Trinajstić information content (AvgIpc) is 2.93. The molecule has 1 aromatic heterocycles. The highest BCUT2D eigenvalue weighted by Crippen LogP contribution is 2.20. The molecule has 20 heavy (non-hydrogen) atoms. The lowest BCUT2D eigenvalue weighted by Gasteiger charge is -2.13. The Labute approximate surface area is 128 Å². The van der Waals surface area contributed by atoms with E-state index in [1.807, 2.05) is 32.1 Å². The molecule has 4 nitrogen and oxygen atoms in total. The van der Waals surface area contributed by atoms with E-state index in [1.165, 1.54) is 4.88 Å². The summed E-state index contributed by atoms with van der Waals surface area (Å²) in [6.45, 7) is 5.93. The number of amides is 1. The zero-order valence-corrected chi connectivity index (χ0v) is 13.3. The fourth-order valence-electron chi connectivity index (χ4n) is 1.92. The van der Waals surface area contributed by atoms with Crippen LogP contribution in [0.5, 0.6) is 0 Å². The number of thiocarbonyl (C=S) groups is 1. The van der Waals surface area contributed by atoms with Gasteiger partial charge in [-0.05, 0) is 50.7 Å². The summed E-state index contributed by atoms with van der Waals surface area (Å²) < 4.78 is 5.27. The van der Waals surface area contributed by atoms with Crippen molar-refractivity contribution in [3.8, 4) is 0 Å². The molecule has 0 spiro atoms. The first-order valence-corrected chi connectivity index (χ1v) is 7.83. The van der Waals surface area contributed by atoms with E-state index in [4.69, 9.17) is 17.0 Å². The quantitative estimate of drug-likeness (QED) is 0.498. The molecule has 1 aliphatic heterocycles. The van der Waals surface area contributed by atoms with Gasteiger partial charge in [-0.15, -0.1) is 11.3 Å². The normalized spacial score (nSPS) is 17.1. The van der Waals surface area contributed by atoms with Crippen molar-refractivity contribution >= 4 is 40.7 Å². The Kier molecular flexibility index (Phi) is 5.28. The summed E-state index contributed by atoms with van der Waals surface area (Å²) in [5.74, 6) is -0.0578. The largest absolute Gasteiger partial charge is 0.382 e. The molecule has 108 valence electrons. The molecular weight excluding hydrogens is 292 g/mol. The highest BCUT2D eigenvalue weighted by atomic mass is 32.1. The molecule has 0 unspecified atom stereocenters. The van der Waals surface area contributed by atoms with Crippen LogP contribution < -0.4 is 5.32 Å². The smallest absolute Gasteiger partial charge is 0.276 e. The Morgan fingerprint density at radius 3 is 2.95 bits per heavy atom. The van der Waals surface area contributed by atoms with Gasteiger partial charge in [-0.1, -0.05) is 0 Å². The van der Waals surface area contributed by atoms with Gasteiger partial charge < -0.3 is 10.1 Å². The number of rotatable bonds is 6. The SMILES string of the molecule is CCOCCCN1C(=O)/C(=C\c2ccc(C)s2)NC1=S. The summed E-state index contributed by atoms with van der Waals surface area (Å²) in [6, 6.07) is 4.04. The Morgan fingerprint density at radius 1 is 1.50 bits per heavy atom. The predicted molar refractivity (Wildman–Crippen MR) is 85.6 cm³/mol. The molecule has 1 N–H and O–H groups in total. The first kappa shape index (κ1) is 15.2. The van der Waals surface area contributed by atoms with Crippen LogP contribution in [0.15, 0.2) is 17.8 Å². The van der Waals surface area contributed by atoms with Crippen LogP contribution in [0, 0.1) is 6.92 Å². The van der Waals surface area contributed by atoms with Gasteiger partial charge in [-0.25, -0.2) is 0 Å².